The van der Waals surface area contributed by atoms with Crippen molar-refractivity contribution in [1.29, 1.82) is 0 Å². The molecule has 0 fully saturated rings. The van der Waals surface area contributed by atoms with Crippen molar-refractivity contribution in [3.8, 4) is 0 Å². The van der Waals surface area contributed by atoms with Crippen LogP contribution in [-0.2, 0) is 13.1 Å². The van der Waals surface area contributed by atoms with Gasteiger partial charge < -0.3 is 9.88 Å². The van der Waals surface area contributed by atoms with Crippen molar-refractivity contribution in [2.75, 3.05) is 0 Å². The Morgan fingerprint density at radius 1 is 1.28 bits per heavy atom. The minimum atomic E-state index is 0.345. The van der Waals surface area contributed by atoms with Crippen molar-refractivity contribution >= 4 is 0 Å². The standard InChI is InChI=1S/C15H21N3/c1-3-10-18-11-9-16-15(18)12-17-13(2)14-7-5-4-6-8-14/h4-9,11,13,17H,3,10,12H2,1-2H3/t13-/m1/s1. The van der Waals surface area contributed by atoms with Crippen LogP contribution in [0.3, 0.4) is 0 Å². The first kappa shape index (κ1) is 12.8. The molecule has 0 aliphatic carbocycles. The van der Waals surface area contributed by atoms with Crippen molar-refractivity contribution < 1.29 is 0 Å². The lowest BCUT2D eigenvalue weighted by Crippen LogP contribution is -2.20. The number of nitrogens with one attached hydrogen (secondary N) is 1. The molecule has 2 rings (SSSR count). The Morgan fingerprint density at radius 2 is 2.06 bits per heavy atom. The fourth-order valence-corrected chi connectivity index (χ4v) is 2.06. The molecule has 3 nitrogen and oxygen atoms in total. The molecule has 1 aromatic carbocycles. The number of aryl methyl sites for hydroxylation is 1. The van der Waals surface area contributed by atoms with Crippen LogP contribution in [0.5, 0.6) is 0 Å². The maximum absolute atomic E-state index is 4.40. The van der Waals surface area contributed by atoms with Gasteiger partial charge in [0.15, 0.2) is 0 Å². The highest BCUT2D eigenvalue weighted by Gasteiger charge is 2.06. The Morgan fingerprint density at radius 3 is 2.78 bits per heavy atom. The van der Waals surface area contributed by atoms with Crippen molar-refractivity contribution in [3.63, 3.8) is 0 Å². The quantitative estimate of drug-likeness (QED) is 0.844. The summed E-state index contributed by atoms with van der Waals surface area (Å²) in [6.45, 7) is 6.21. The molecule has 1 heterocycles. The zero-order valence-electron chi connectivity index (χ0n) is 11.1. The van der Waals surface area contributed by atoms with Crippen LogP contribution in [-0.4, -0.2) is 9.55 Å². The van der Waals surface area contributed by atoms with E-state index in [9.17, 15) is 0 Å². The van der Waals surface area contributed by atoms with Crippen LogP contribution in [0.25, 0.3) is 0 Å². The van der Waals surface area contributed by atoms with Gasteiger partial charge in [-0.05, 0) is 18.9 Å². The Balaban J connectivity index is 1.93. The maximum Gasteiger partial charge on any atom is 0.122 e. The topological polar surface area (TPSA) is 29.9 Å². The summed E-state index contributed by atoms with van der Waals surface area (Å²) in [5.74, 6) is 1.11. The molecule has 0 bridgehead atoms. The van der Waals surface area contributed by atoms with Gasteiger partial charge in [-0.2, -0.15) is 0 Å². The minimum absolute atomic E-state index is 0.345. The summed E-state index contributed by atoms with van der Waals surface area (Å²) in [4.78, 5) is 4.40. The highest BCUT2D eigenvalue weighted by atomic mass is 15.1. The average molecular weight is 243 g/mol. The zero-order valence-corrected chi connectivity index (χ0v) is 11.1. The van der Waals surface area contributed by atoms with Crippen LogP contribution in [0.4, 0.5) is 0 Å². The Bertz CT molecular complexity index is 462. The summed E-state index contributed by atoms with van der Waals surface area (Å²) in [5.41, 5.74) is 1.31. The van der Waals surface area contributed by atoms with Crippen molar-refractivity contribution in [1.82, 2.24) is 14.9 Å². The SMILES string of the molecule is CCCn1ccnc1CN[C@H](C)c1ccccc1. The van der Waals surface area contributed by atoms with Gasteiger partial charge in [0.25, 0.3) is 0 Å². The molecule has 0 radical (unpaired) electrons. The molecule has 1 aromatic heterocycles. The lowest BCUT2D eigenvalue weighted by molar-refractivity contribution is 0.532. The first-order valence-corrected chi connectivity index (χ1v) is 6.59. The van der Waals surface area contributed by atoms with Crippen LogP contribution >= 0.6 is 0 Å². The Hall–Kier alpha value is -1.61. The van der Waals surface area contributed by atoms with Crippen LogP contribution in [0.2, 0.25) is 0 Å². The lowest BCUT2D eigenvalue weighted by Gasteiger charge is -2.14. The van der Waals surface area contributed by atoms with Gasteiger partial charge in [-0.1, -0.05) is 37.3 Å². The molecule has 0 spiro atoms. The molecule has 0 saturated carbocycles. The van der Waals surface area contributed by atoms with Crippen molar-refractivity contribution in [3.05, 3.63) is 54.1 Å². The van der Waals surface area contributed by atoms with E-state index in [0.29, 0.717) is 6.04 Å². The highest BCUT2D eigenvalue weighted by Crippen LogP contribution is 2.12. The first-order chi connectivity index (χ1) is 8.81. The molecule has 0 saturated heterocycles. The molecule has 0 aliphatic rings. The Labute approximate surface area is 109 Å². The number of hydrogen-bond donors (Lipinski definition) is 1. The summed E-state index contributed by atoms with van der Waals surface area (Å²) in [7, 11) is 0. The van der Waals surface area contributed by atoms with Gasteiger partial charge >= 0.3 is 0 Å². The second-order valence-corrected chi connectivity index (χ2v) is 4.55. The molecule has 0 amide bonds. The molecule has 0 unspecified atom stereocenters. The molecular weight excluding hydrogens is 222 g/mol. The third-order valence-electron chi connectivity index (χ3n) is 3.13. The molecule has 96 valence electrons. The number of nitrogens with zero attached hydrogens (tertiary/aromatic N) is 2. The van der Waals surface area contributed by atoms with Gasteiger partial charge in [0, 0.05) is 25.0 Å². The van der Waals surface area contributed by atoms with E-state index >= 15 is 0 Å². The van der Waals surface area contributed by atoms with Crippen LogP contribution in [0, 0.1) is 0 Å². The summed E-state index contributed by atoms with van der Waals surface area (Å²) in [6, 6.07) is 10.8. The van der Waals surface area contributed by atoms with Gasteiger partial charge in [-0.15, -0.1) is 0 Å². The normalized spacial score (nSPS) is 12.6. The van der Waals surface area contributed by atoms with Crippen LogP contribution in [0.15, 0.2) is 42.7 Å². The van der Waals surface area contributed by atoms with E-state index in [1.807, 2.05) is 18.5 Å². The molecular formula is C15H21N3. The number of aromatic nitrogens is 2. The minimum Gasteiger partial charge on any atom is -0.334 e. The largest absolute Gasteiger partial charge is 0.334 e. The third kappa shape index (κ3) is 3.20. The van der Waals surface area contributed by atoms with Gasteiger partial charge in [0.2, 0.25) is 0 Å². The predicted molar refractivity (Wildman–Crippen MR) is 74.2 cm³/mol. The molecule has 1 atom stereocenters. The van der Waals surface area contributed by atoms with E-state index < -0.39 is 0 Å². The van der Waals surface area contributed by atoms with E-state index in [-0.39, 0.29) is 0 Å². The van der Waals surface area contributed by atoms with E-state index in [4.69, 9.17) is 0 Å². The number of imidazole rings is 1. The van der Waals surface area contributed by atoms with Crippen molar-refractivity contribution in [2.24, 2.45) is 0 Å². The van der Waals surface area contributed by atoms with E-state index in [1.54, 1.807) is 0 Å². The third-order valence-corrected chi connectivity index (χ3v) is 3.13. The lowest BCUT2D eigenvalue weighted by atomic mass is 10.1. The number of benzene rings is 1. The van der Waals surface area contributed by atoms with E-state index in [0.717, 1.165) is 25.3 Å². The molecule has 18 heavy (non-hydrogen) atoms. The van der Waals surface area contributed by atoms with Gasteiger partial charge in [-0.25, -0.2) is 4.98 Å². The van der Waals surface area contributed by atoms with Crippen LogP contribution < -0.4 is 5.32 Å². The van der Waals surface area contributed by atoms with Gasteiger partial charge in [0.1, 0.15) is 5.82 Å². The monoisotopic (exact) mass is 243 g/mol. The van der Waals surface area contributed by atoms with E-state index in [1.165, 1.54) is 5.56 Å². The summed E-state index contributed by atoms with van der Waals surface area (Å²) >= 11 is 0. The first-order valence-electron chi connectivity index (χ1n) is 6.59. The summed E-state index contributed by atoms with van der Waals surface area (Å²) < 4.78 is 2.21. The van der Waals surface area contributed by atoms with E-state index in [2.05, 4.69) is 53.0 Å². The second-order valence-electron chi connectivity index (χ2n) is 4.55. The molecule has 0 aliphatic heterocycles. The molecule has 1 N–H and O–H groups in total. The molecule has 2 aromatic rings. The number of rotatable bonds is 6. The second kappa shape index (κ2) is 6.36. The van der Waals surface area contributed by atoms with Gasteiger partial charge in [0.05, 0.1) is 6.54 Å². The Kier molecular flexibility index (Phi) is 4.53. The number of hydrogen-bond acceptors (Lipinski definition) is 2. The summed E-state index contributed by atoms with van der Waals surface area (Å²) in [6.07, 6.45) is 5.06. The fraction of sp³-hybridized carbons (Fsp3) is 0.400. The zero-order chi connectivity index (χ0) is 12.8. The predicted octanol–water partition coefficient (Wildman–Crippen LogP) is 3.14. The molecule has 3 heteroatoms. The van der Waals surface area contributed by atoms with Crippen molar-refractivity contribution in [2.45, 2.75) is 39.4 Å². The smallest absolute Gasteiger partial charge is 0.122 e. The summed E-state index contributed by atoms with van der Waals surface area (Å²) in [5, 5.41) is 3.52. The maximum atomic E-state index is 4.40. The fourth-order valence-electron chi connectivity index (χ4n) is 2.06. The van der Waals surface area contributed by atoms with Gasteiger partial charge in [-0.3, -0.25) is 0 Å². The van der Waals surface area contributed by atoms with Crippen LogP contribution in [0.1, 0.15) is 37.7 Å². The average Bonchev–Trinajstić information content (AvgIpc) is 2.85. The highest BCUT2D eigenvalue weighted by molar-refractivity contribution is 5.18.